The minimum Gasteiger partial charge on any atom is -0.326 e. The van der Waals surface area contributed by atoms with Crippen LogP contribution < -0.4 is 10.2 Å². The highest BCUT2D eigenvalue weighted by atomic mass is 35.5. The second kappa shape index (κ2) is 9.37. The number of carbonyl (C=O) groups is 2. The van der Waals surface area contributed by atoms with Gasteiger partial charge in [0, 0.05) is 47.4 Å². The van der Waals surface area contributed by atoms with Gasteiger partial charge < -0.3 is 10.2 Å². The summed E-state index contributed by atoms with van der Waals surface area (Å²) in [6, 6.07) is 10.5. The number of likely N-dealkylation sites (tertiary alicyclic amines) is 1. The van der Waals surface area contributed by atoms with Crippen molar-refractivity contribution in [3.8, 4) is 0 Å². The van der Waals surface area contributed by atoms with Gasteiger partial charge in [0.25, 0.3) is 0 Å². The van der Waals surface area contributed by atoms with E-state index in [1.807, 2.05) is 30.0 Å². The topological polar surface area (TPSA) is 52.7 Å². The van der Waals surface area contributed by atoms with Gasteiger partial charge in [-0.1, -0.05) is 17.7 Å². The zero-order valence-electron chi connectivity index (χ0n) is 17.7. The molecule has 2 aliphatic rings. The molecule has 31 heavy (non-hydrogen) atoms. The maximum atomic E-state index is 14.0. The molecule has 0 unspecified atom stereocenters. The first-order valence-corrected chi connectivity index (χ1v) is 11.2. The lowest BCUT2D eigenvalue weighted by atomic mass is 9.95. The van der Waals surface area contributed by atoms with Crippen LogP contribution in [-0.4, -0.2) is 36.3 Å². The lowest BCUT2D eigenvalue weighted by Gasteiger charge is -2.31. The fourth-order valence-corrected chi connectivity index (χ4v) is 4.59. The number of piperidine rings is 1. The first-order valence-electron chi connectivity index (χ1n) is 10.8. The van der Waals surface area contributed by atoms with Gasteiger partial charge in [-0.3, -0.25) is 14.5 Å². The van der Waals surface area contributed by atoms with Crippen LogP contribution in [0.1, 0.15) is 36.8 Å². The molecule has 0 aromatic heterocycles. The Balaban J connectivity index is 1.31. The molecule has 2 heterocycles. The molecule has 7 heteroatoms. The van der Waals surface area contributed by atoms with Gasteiger partial charge in [-0.05, 0) is 75.2 Å². The second-order valence-corrected chi connectivity index (χ2v) is 8.86. The van der Waals surface area contributed by atoms with Crippen LogP contribution in [0.5, 0.6) is 0 Å². The Bertz CT molecular complexity index is 989. The normalized spacial score (nSPS) is 17.9. The number of nitrogens with one attached hydrogen (secondary N) is 1. The summed E-state index contributed by atoms with van der Waals surface area (Å²) in [6.07, 6.45) is 2.96. The van der Waals surface area contributed by atoms with Crippen molar-refractivity contribution in [3.63, 3.8) is 0 Å². The molecule has 0 spiro atoms. The molecule has 0 saturated carbocycles. The molecule has 1 N–H and O–H groups in total. The van der Waals surface area contributed by atoms with Crippen molar-refractivity contribution >= 4 is 34.8 Å². The number of hydrogen-bond acceptors (Lipinski definition) is 3. The molecule has 5 nitrogen and oxygen atoms in total. The highest BCUT2D eigenvalue weighted by Gasteiger charge is 2.26. The molecule has 4 rings (SSSR count). The standard InChI is InChI=1S/C24H27ClFN3O2/c1-16-13-20(6-7-22(16)29-10-2-3-23(29)30)27-24(31)17-8-11-28(12-9-17)15-18-4-5-19(25)14-21(18)26/h4-7,13-14,17H,2-3,8-12,15H2,1H3,(H,27,31). The van der Waals surface area contributed by atoms with E-state index in [1.165, 1.54) is 6.07 Å². The second-order valence-electron chi connectivity index (χ2n) is 8.43. The van der Waals surface area contributed by atoms with E-state index < -0.39 is 0 Å². The van der Waals surface area contributed by atoms with Gasteiger partial charge in [-0.25, -0.2) is 4.39 Å². The van der Waals surface area contributed by atoms with Crippen molar-refractivity contribution in [2.45, 2.75) is 39.2 Å². The number of hydrogen-bond donors (Lipinski definition) is 1. The highest BCUT2D eigenvalue weighted by Crippen LogP contribution is 2.28. The molecular formula is C24H27ClFN3O2. The number of amides is 2. The predicted octanol–water partition coefficient (Wildman–Crippen LogP) is 4.77. The average molecular weight is 444 g/mol. The fraction of sp³-hybridized carbons (Fsp3) is 0.417. The molecule has 2 aliphatic heterocycles. The maximum absolute atomic E-state index is 14.0. The van der Waals surface area contributed by atoms with Crippen LogP contribution >= 0.6 is 11.6 Å². The molecule has 2 saturated heterocycles. The maximum Gasteiger partial charge on any atom is 0.227 e. The molecule has 2 aromatic carbocycles. The molecule has 0 atom stereocenters. The van der Waals surface area contributed by atoms with E-state index in [1.54, 1.807) is 12.1 Å². The van der Waals surface area contributed by atoms with Crippen molar-refractivity contribution < 1.29 is 14.0 Å². The summed E-state index contributed by atoms with van der Waals surface area (Å²) in [5, 5.41) is 3.42. The number of aryl methyl sites for hydroxylation is 1. The van der Waals surface area contributed by atoms with Crippen molar-refractivity contribution in [2.75, 3.05) is 29.9 Å². The summed E-state index contributed by atoms with van der Waals surface area (Å²) < 4.78 is 14.0. The van der Waals surface area contributed by atoms with Crippen LogP contribution in [0.4, 0.5) is 15.8 Å². The summed E-state index contributed by atoms with van der Waals surface area (Å²) >= 11 is 5.82. The molecule has 2 fully saturated rings. The summed E-state index contributed by atoms with van der Waals surface area (Å²) in [7, 11) is 0. The quantitative estimate of drug-likeness (QED) is 0.724. The van der Waals surface area contributed by atoms with Crippen molar-refractivity contribution in [3.05, 3.63) is 58.4 Å². The minimum absolute atomic E-state index is 0.0155. The summed E-state index contributed by atoms with van der Waals surface area (Å²) in [6.45, 7) is 4.73. The van der Waals surface area contributed by atoms with E-state index >= 15 is 0 Å². The first kappa shape index (κ1) is 21.8. The van der Waals surface area contributed by atoms with Crippen LogP contribution in [0.2, 0.25) is 5.02 Å². The first-order chi connectivity index (χ1) is 14.9. The largest absolute Gasteiger partial charge is 0.326 e. The Morgan fingerprint density at radius 2 is 1.94 bits per heavy atom. The average Bonchev–Trinajstić information content (AvgIpc) is 3.16. The van der Waals surface area contributed by atoms with E-state index in [9.17, 15) is 14.0 Å². The molecule has 0 radical (unpaired) electrons. The van der Waals surface area contributed by atoms with Crippen molar-refractivity contribution in [2.24, 2.45) is 5.92 Å². The van der Waals surface area contributed by atoms with Crippen molar-refractivity contribution in [1.82, 2.24) is 4.90 Å². The number of rotatable bonds is 5. The van der Waals surface area contributed by atoms with Crippen LogP contribution in [0.3, 0.4) is 0 Å². The number of carbonyl (C=O) groups excluding carboxylic acids is 2. The summed E-state index contributed by atoms with van der Waals surface area (Å²) in [5.41, 5.74) is 3.28. The SMILES string of the molecule is Cc1cc(NC(=O)C2CCN(Cc3ccc(Cl)cc3F)CC2)ccc1N1CCCC1=O. The smallest absolute Gasteiger partial charge is 0.227 e. The predicted molar refractivity (Wildman–Crippen MR) is 121 cm³/mol. The van der Waals surface area contributed by atoms with E-state index in [0.717, 1.165) is 55.8 Å². The van der Waals surface area contributed by atoms with E-state index in [2.05, 4.69) is 10.2 Å². The number of halogens is 2. The molecule has 164 valence electrons. The lowest BCUT2D eigenvalue weighted by molar-refractivity contribution is -0.121. The zero-order valence-corrected chi connectivity index (χ0v) is 18.4. The lowest BCUT2D eigenvalue weighted by Crippen LogP contribution is -2.38. The fourth-order valence-electron chi connectivity index (χ4n) is 4.43. The Morgan fingerprint density at radius 3 is 2.58 bits per heavy atom. The summed E-state index contributed by atoms with van der Waals surface area (Å²) in [5.74, 6) is -0.180. The van der Waals surface area contributed by atoms with Gasteiger partial charge in [0.1, 0.15) is 5.82 Å². The van der Waals surface area contributed by atoms with Gasteiger partial charge >= 0.3 is 0 Å². The van der Waals surface area contributed by atoms with Crippen LogP contribution in [0.25, 0.3) is 0 Å². The van der Waals surface area contributed by atoms with Gasteiger partial charge in [-0.15, -0.1) is 0 Å². The van der Waals surface area contributed by atoms with E-state index in [-0.39, 0.29) is 23.5 Å². The third-order valence-electron chi connectivity index (χ3n) is 6.20. The Morgan fingerprint density at radius 1 is 1.16 bits per heavy atom. The van der Waals surface area contributed by atoms with Crippen LogP contribution in [0.15, 0.2) is 36.4 Å². The third-order valence-corrected chi connectivity index (χ3v) is 6.43. The highest BCUT2D eigenvalue weighted by molar-refractivity contribution is 6.30. The number of nitrogens with zero attached hydrogens (tertiary/aromatic N) is 2. The van der Waals surface area contributed by atoms with Gasteiger partial charge in [-0.2, -0.15) is 0 Å². The van der Waals surface area contributed by atoms with E-state index in [0.29, 0.717) is 23.6 Å². The summed E-state index contributed by atoms with van der Waals surface area (Å²) in [4.78, 5) is 28.7. The zero-order chi connectivity index (χ0) is 22.0. The molecular weight excluding hydrogens is 417 g/mol. The van der Waals surface area contributed by atoms with Gasteiger partial charge in [0.15, 0.2) is 0 Å². The van der Waals surface area contributed by atoms with Crippen LogP contribution in [0, 0.1) is 18.7 Å². The monoisotopic (exact) mass is 443 g/mol. The molecule has 0 bridgehead atoms. The van der Waals surface area contributed by atoms with Gasteiger partial charge in [0.05, 0.1) is 0 Å². The Kier molecular flexibility index (Phi) is 6.58. The number of benzene rings is 2. The molecule has 0 aliphatic carbocycles. The number of anilines is 2. The van der Waals surface area contributed by atoms with Crippen molar-refractivity contribution in [1.29, 1.82) is 0 Å². The Hall–Kier alpha value is -2.44. The van der Waals surface area contributed by atoms with E-state index in [4.69, 9.17) is 11.6 Å². The third kappa shape index (κ3) is 5.08. The Labute approximate surface area is 187 Å². The molecule has 2 aromatic rings. The van der Waals surface area contributed by atoms with Crippen LogP contribution in [-0.2, 0) is 16.1 Å². The molecule has 2 amide bonds. The minimum atomic E-state index is -0.290. The van der Waals surface area contributed by atoms with Gasteiger partial charge in [0.2, 0.25) is 11.8 Å².